The van der Waals surface area contributed by atoms with E-state index in [0.29, 0.717) is 30.9 Å². The summed E-state index contributed by atoms with van der Waals surface area (Å²) in [4.78, 5) is 20.0. The minimum absolute atomic E-state index is 0.0496. The Morgan fingerprint density at radius 2 is 1.72 bits per heavy atom. The number of rotatable bonds is 9. The molecule has 0 atom stereocenters. The monoisotopic (exact) mass is 534 g/mol. The van der Waals surface area contributed by atoms with E-state index in [-0.39, 0.29) is 5.91 Å². The topological polar surface area (TPSA) is 90.7 Å². The molecule has 5 rings (SSSR count). The molecule has 8 heteroatoms. The molecule has 2 aliphatic heterocycles. The van der Waals surface area contributed by atoms with Crippen LogP contribution in [-0.4, -0.2) is 77.2 Å². The van der Waals surface area contributed by atoms with Gasteiger partial charge in [-0.3, -0.25) is 14.8 Å². The Morgan fingerprint density at radius 1 is 1.00 bits per heavy atom. The predicted octanol–water partition coefficient (Wildman–Crippen LogP) is 5.08. The number of nitrogen functional groups attached to an aromatic ring is 1. The van der Waals surface area contributed by atoms with Crippen molar-refractivity contribution >= 4 is 22.5 Å². The fourth-order valence-electron chi connectivity index (χ4n) is 5.22. The third-order valence-corrected chi connectivity index (χ3v) is 7.80. The van der Waals surface area contributed by atoms with Crippen LogP contribution < -0.4 is 10.5 Å². The van der Waals surface area contributed by atoms with E-state index in [1.165, 1.54) is 25.7 Å². The fourth-order valence-corrected chi connectivity index (χ4v) is 5.22. The van der Waals surface area contributed by atoms with Crippen LogP contribution in [0.1, 0.15) is 73.6 Å². The van der Waals surface area contributed by atoms with E-state index in [9.17, 15) is 4.79 Å². The molecule has 212 valence electrons. The van der Waals surface area contributed by atoms with Crippen molar-refractivity contribution in [1.82, 2.24) is 24.9 Å². The highest BCUT2D eigenvalue weighted by molar-refractivity contribution is 6.04. The van der Waals surface area contributed by atoms with Crippen LogP contribution in [0.15, 0.2) is 30.3 Å². The highest BCUT2D eigenvalue weighted by Gasteiger charge is 2.26. The van der Waals surface area contributed by atoms with Gasteiger partial charge in [-0.05, 0) is 48.9 Å². The van der Waals surface area contributed by atoms with Gasteiger partial charge in [-0.15, -0.1) is 0 Å². The summed E-state index contributed by atoms with van der Waals surface area (Å²) >= 11 is 0. The smallest absolute Gasteiger partial charge is 0.256 e. The van der Waals surface area contributed by atoms with Gasteiger partial charge in [-0.1, -0.05) is 52.5 Å². The number of hydrogen-bond donors (Lipinski definition) is 2. The zero-order valence-electron chi connectivity index (χ0n) is 24.3. The Kier molecular flexibility index (Phi) is 10.2. The highest BCUT2D eigenvalue weighted by atomic mass is 16.5. The van der Waals surface area contributed by atoms with Crippen molar-refractivity contribution in [2.75, 3.05) is 52.1 Å². The number of hydrogen-bond acceptors (Lipinski definition) is 6. The number of ether oxygens (including phenoxy) is 1. The normalized spacial score (nSPS) is 15.7. The van der Waals surface area contributed by atoms with E-state index < -0.39 is 0 Å². The second-order valence-corrected chi connectivity index (χ2v) is 10.8. The molecule has 1 fully saturated rings. The molecule has 0 spiro atoms. The van der Waals surface area contributed by atoms with Gasteiger partial charge < -0.3 is 20.3 Å². The van der Waals surface area contributed by atoms with E-state index in [1.807, 2.05) is 17.0 Å². The Hall–Kier alpha value is -3.10. The maximum atomic E-state index is 13.3. The molecule has 8 nitrogen and oxygen atoms in total. The number of aryl methyl sites for hydroxylation is 1. The van der Waals surface area contributed by atoms with Crippen molar-refractivity contribution in [3.8, 4) is 5.75 Å². The van der Waals surface area contributed by atoms with Crippen LogP contribution in [0.4, 0.5) is 5.69 Å². The number of fused-ring (bicyclic) bond motifs is 2. The van der Waals surface area contributed by atoms with Crippen LogP contribution in [0, 0.1) is 0 Å². The Labute approximate surface area is 233 Å². The van der Waals surface area contributed by atoms with Crippen molar-refractivity contribution in [2.45, 2.75) is 66.0 Å². The van der Waals surface area contributed by atoms with Crippen LogP contribution in [0.25, 0.3) is 10.9 Å². The minimum atomic E-state index is -0.0496. The minimum Gasteiger partial charge on any atom is -0.492 e. The summed E-state index contributed by atoms with van der Waals surface area (Å²) < 4.78 is 6.04. The number of anilines is 1. The zero-order chi connectivity index (χ0) is 27.8. The number of aromatic amines is 1. The first-order chi connectivity index (χ1) is 18.9. The number of likely N-dealkylation sites (N-methyl/N-ethyl adjacent to an activating group) is 1. The van der Waals surface area contributed by atoms with Crippen LogP contribution in [0.2, 0.25) is 0 Å². The van der Waals surface area contributed by atoms with Crippen LogP contribution in [0.5, 0.6) is 5.75 Å². The van der Waals surface area contributed by atoms with Crippen molar-refractivity contribution in [1.29, 1.82) is 0 Å². The lowest BCUT2D eigenvalue weighted by Gasteiger charge is -2.32. The summed E-state index contributed by atoms with van der Waals surface area (Å²) in [6, 6.07) is 9.82. The molecule has 0 bridgehead atoms. The number of carbonyl (C=O) groups excluding carboxylic acids is 1. The number of H-pyrrole nitrogens is 1. The van der Waals surface area contributed by atoms with Crippen molar-refractivity contribution in [3.63, 3.8) is 0 Å². The quantitative estimate of drug-likeness (QED) is 0.294. The summed E-state index contributed by atoms with van der Waals surface area (Å²) in [5.74, 6) is 0.815. The van der Waals surface area contributed by atoms with Crippen molar-refractivity contribution in [3.05, 3.63) is 52.7 Å². The maximum absolute atomic E-state index is 13.3. The maximum Gasteiger partial charge on any atom is 0.256 e. The number of piperazine rings is 1. The number of aromatic nitrogens is 2. The Bertz CT molecular complexity index is 1230. The van der Waals surface area contributed by atoms with Gasteiger partial charge in [-0.2, -0.15) is 5.10 Å². The average Bonchev–Trinajstić information content (AvgIpc) is 3.55. The molecule has 0 radical (unpaired) electrons. The summed E-state index contributed by atoms with van der Waals surface area (Å²) in [6.07, 6.45) is 6.36. The van der Waals surface area contributed by atoms with Gasteiger partial charge in [0.15, 0.2) is 0 Å². The standard InChI is InChI=1S/C25H32N6O2.C6H14/c1-3-23-21-13-20(22(26)14-24(21)28-27-23)25(32)31-15-17-4-5-19(12-18(17)16-31)33-11-10-30-8-6-29(2)7-9-30;1-3-5-6-4-2/h4-5,12-14H,3,6-11,15-16,26H2,1-2H3,(H,27,28);3-6H2,1-2H3. The lowest BCUT2D eigenvalue weighted by molar-refractivity contribution is 0.0752. The molecular formula is C31H46N6O2. The average molecular weight is 535 g/mol. The van der Waals surface area contributed by atoms with Gasteiger partial charge in [0.2, 0.25) is 0 Å². The van der Waals surface area contributed by atoms with Crippen LogP contribution >= 0.6 is 0 Å². The molecule has 0 unspecified atom stereocenters. The second-order valence-electron chi connectivity index (χ2n) is 10.8. The van der Waals surface area contributed by atoms with Gasteiger partial charge >= 0.3 is 0 Å². The van der Waals surface area contributed by atoms with E-state index >= 15 is 0 Å². The molecule has 0 saturated carbocycles. The molecule has 0 aliphatic carbocycles. The lowest BCUT2D eigenvalue weighted by Crippen LogP contribution is -2.45. The number of nitrogens with two attached hydrogens (primary N) is 1. The lowest BCUT2D eigenvalue weighted by atomic mass is 10.1. The highest BCUT2D eigenvalue weighted by Crippen LogP contribution is 2.30. The Morgan fingerprint density at radius 3 is 2.41 bits per heavy atom. The number of nitrogens with one attached hydrogen (secondary N) is 1. The number of amides is 1. The van der Waals surface area contributed by atoms with Gasteiger partial charge in [0.1, 0.15) is 12.4 Å². The van der Waals surface area contributed by atoms with E-state index in [0.717, 1.165) is 72.6 Å². The van der Waals surface area contributed by atoms with Crippen LogP contribution in [0.3, 0.4) is 0 Å². The van der Waals surface area contributed by atoms with Crippen molar-refractivity contribution < 1.29 is 9.53 Å². The summed E-state index contributed by atoms with van der Waals surface area (Å²) in [5, 5.41) is 8.30. The van der Waals surface area contributed by atoms with E-state index in [1.54, 1.807) is 6.07 Å². The molecule has 2 aliphatic rings. The number of unbranched alkanes of at least 4 members (excludes halogenated alkanes) is 3. The molecule has 3 N–H and O–H groups in total. The summed E-state index contributed by atoms with van der Waals surface area (Å²) in [6.45, 7) is 13.7. The molecule has 2 aromatic carbocycles. The fraction of sp³-hybridized carbons (Fsp3) is 0.548. The summed E-state index contributed by atoms with van der Waals surface area (Å²) in [5.41, 5.74) is 11.3. The van der Waals surface area contributed by atoms with E-state index in [4.69, 9.17) is 10.5 Å². The molecule has 39 heavy (non-hydrogen) atoms. The number of carbonyl (C=O) groups is 1. The Balaban J connectivity index is 0.000000531. The molecule has 3 aromatic rings. The molecular weight excluding hydrogens is 488 g/mol. The van der Waals surface area contributed by atoms with Gasteiger partial charge in [0, 0.05) is 62.6 Å². The SMILES string of the molecule is CCCCCC.CCc1[nH]nc2cc(N)c(C(=O)N3Cc4ccc(OCCN5CCN(C)CC5)cc4C3)cc12. The largest absolute Gasteiger partial charge is 0.492 e. The van der Waals surface area contributed by atoms with Gasteiger partial charge in [0.25, 0.3) is 5.91 Å². The first kappa shape index (κ1) is 28.9. The molecule has 3 heterocycles. The number of nitrogens with zero attached hydrogens (tertiary/aromatic N) is 4. The second kappa shape index (κ2) is 13.8. The summed E-state index contributed by atoms with van der Waals surface area (Å²) in [7, 11) is 2.17. The van der Waals surface area contributed by atoms with E-state index in [2.05, 4.69) is 59.9 Å². The van der Waals surface area contributed by atoms with Gasteiger partial charge in [-0.25, -0.2) is 0 Å². The molecule has 1 amide bonds. The molecule has 1 aromatic heterocycles. The van der Waals surface area contributed by atoms with Crippen LogP contribution in [-0.2, 0) is 19.5 Å². The van der Waals surface area contributed by atoms with Crippen molar-refractivity contribution in [2.24, 2.45) is 0 Å². The molecule has 1 saturated heterocycles. The zero-order valence-corrected chi connectivity index (χ0v) is 24.3. The first-order valence-electron chi connectivity index (χ1n) is 14.6. The third-order valence-electron chi connectivity index (χ3n) is 7.80. The first-order valence-corrected chi connectivity index (χ1v) is 14.6. The predicted molar refractivity (Wildman–Crippen MR) is 159 cm³/mol. The van der Waals surface area contributed by atoms with Gasteiger partial charge in [0.05, 0.1) is 11.1 Å². The number of benzene rings is 2. The third kappa shape index (κ3) is 7.31.